The highest BCUT2D eigenvalue weighted by molar-refractivity contribution is 9.09. The predicted molar refractivity (Wildman–Crippen MR) is 56.1 cm³/mol. The van der Waals surface area contributed by atoms with E-state index in [1.165, 1.54) is 5.57 Å². The van der Waals surface area contributed by atoms with Gasteiger partial charge in [-0.05, 0) is 18.3 Å². The van der Waals surface area contributed by atoms with E-state index in [9.17, 15) is 0 Å². The molecule has 0 saturated heterocycles. The quantitative estimate of drug-likeness (QED) is 0.486. The van der Waals surface area contributed by atoms with Crippen molar-refractivity contribution in [2.24, 2.45) is 11.3 Å². The fourth-order valence-corrected chi connectivity index (χ4v) is 1.45. The van der Waals surface area contributed by atoms with Crippen LogP contribution in [0.1, 0.15) is 34.6 Å². The molecule has 0 rings (SSSR count). The minimum atomic E-state index is 0.318. The van der Waals surface area contributed by atoms with Gasteiger partial charge in [-0.1, -0.05) is 55.8 Å². The van der Waals surface area contributed by atoms with Crippen molar-refractivity contribution in [3.8, 4) is 0 Å². The predicted octanol–water partition coefficient (Wildman–Crippen LogP) is 4.01. The van der Waals surface area contributed by atoms with Crippen molar-refractivity contribution in [1.29, 1.82) is 0 Å². The summed E-state index contributed by atoms with van der Waals surface area (Å²) in [5, 5.41) is 0. The summed E-state index contributed by atoms with van der Waals surface area (Å²) >= 11 is 3.70. The van der Waals surface area contributed by atoms with E-state index in [2.05, 4.69) is 57.1 Å². The Labute approximate surface area is 79.2 Å². The van der Waals surface area contributed by atoms with Crippen molar-refractivity contribution in [3.05, 3.63) is 12.2 Å². The van der Waals surface area contributed by atoms with E-state index in [0.717, 1.165) is 0 Å². The Balaban J connectivity index is 4.25. The van der Waals surface area contributed by atoms with Crippen LogP contribution in [0.4, 0.5) is 0 Å². The number of hydrogen-bond donors (Lipinski definition) is 0. The maximum atomic E-state index is 3.96. The van der Waals surface area contributed by atoms with Gasteiger partial charge in [-0.15, -0.1) is 0 Å². The lowest BCUT2D eigenvalue weighted by molar-refractivity contribution is 0.351. The van der Waals surface area contributed by atoms with Gasteiger partial charge >= 0.3 is 0 Å². The molecule has 0 aromatic carbocycles. The highest BCUT2D eigenvalue weighted by Gasteiger charge is 2.27. The SMILES string of the molecule is C=C(C)C(C)C(Br)C(C)(C)C. The van der Waals surface area contributed by atoms with Gasteiger partial charge in [-0.2, -0.15) is 0 Å². The molecule has 0 spiro atoms. The molecule has 0 aliphatic rings. The van der Waals surface area contributed by atoms with Gasteiger partial charge < -0.3 is 0 Å². The molecule has 0 aliphatic heterocycles. The second-order valence-electron chi connectivity index (χ2n) is 4.40. The zero-order chi connectivity index (χ0) is 9.23. The van der Waals surface area contributed by atoms with Gasteiger partial charge in [0.25, 0.3) is 0 Å². The van der Waals surface area contributed by atoms with Gasteiger partial charge in [0.1, 0.15) is 0 Å². The molecule has 0 aromatic heterocycles. The first-order valence-corrected chi connectivity index (χ1v) is 4.98. The first-order valence-electron chi connectivity index (χ1n) is 4.06. The molecule has 0 amide bonds. The first-order chi connectivity index (χ1) is 4.76. The van der Waals surface area contributed by atoms with Crippen LogP contribution in [-0.2, 0) is 0 Å². The lowest BCUT2D eigenvalue weighted by Crippen LogP contribution is -2.27. The first kappa shape index (κ1) is 11.2. The number of allylic oxidation sites excluding steroid dienone is 1. The molecule has 2 unspecified atom stereocenters. The van der Waals surface area contributed by atoms with Crippen LogP contribution in [0.3, 0.4) is 0 Å². The van der Waals surface area contributed by atoms with E-state index in [-0.39, 0.29) is 0 Å². The van der Waals surface area contributed by atoms with Crippen LogP contribution < -0.4 is 0 Å². The molecule has 11 heavy (non-hydrogen) atoms. The molecule has 0 bridgehead atoms. The molecule has 2 atom stereocenters. The molecular weight excluding hydrogens is 200 g/mol. The van der Waals surface area contributed by atoms with Crippen molar-refractivity contribution in [2.45, 2.75) is 39.4 Å². The third kappa shape index (κ3) is 3.42. The summed E-state index contributed by atoms with van der Waals surface area (Å²) in [6, 6.07) is 0. The minimum Gasteiger partial charge on any atom is -0.0998 e. The van der Waals surface area contributed by atoms with E-state index < -0.39 is 0 Å². The zero-order valence-electron chi connectivity index (χ0n) is 8.24. The van der Waals surface area contributed by atoms with Crippen molar-refractivity contribution < 1.29 is 0 Å². The zero-order valence-corrected chi connectivity index (χ0v) is 9.83. The van der Waals surface area contributed by atoms with E-state index in [4.69, 9.17) is 0 Å². The molecule has 0 heterocycles. The summed E-state index contributed by atoms with van der Waals surface area (Å²) in [6.45, 7) is 15.0. The summed E-state index contributed by atoms with van der Waals surface area (Å²) in [5.74, 6) is 0.551. The van der Waals surface area contributed by atoms with Crippen molar-refractivity contribution in [1.82, 2.24) is 0 Å². The fraction of sp³-hybridized carbons (Fsp3) is 0.800. The molecule has 0 saturated carbocycles. The van der Waals surface area contributed by atoms with Gasteiger partial charge in [0, 0.05) is 4.83 Å². The Morgan fingerprint density at radius 1 is 1.36 bits per heavy atom. The maximum Gasteiger partial charge on any atom is 0.0256 e. The van der Waals surface area contributed by atoms with Gasteiger partial charge in [-0.3, -0.25) is 0 Å². The monoisotopic (exact) mass is 218 g/mol. The Morgan fingerprint density at radius 3 is 1.82 bits per heavy atom. The highest BCUT2D eigenvalue weighted by Crippen LogP contribution is 2.34. The summed E-state index contributed by atoms with van der Waals surface area (Å²) < 4.78 is 0. The molecule has 66 valence electrons. The number of alkyl halides is 1. The Hall–Kier alpha value is 0.220. The third-order valence-corrected chi connectivity index (χ3v) is 4.21. The average Bonchev–Trinajstić information content (AvgIpc) is 1.82. The molecular formula is C10H19Br. The summed E-state index contributed by atoms with van der Waals surface area (Å²) in [7, 11) is 0. The van der Waals surface area contributed by atoms with Gasteiger partial charge in [0.05, 0.1) is 0 Å². The van der Waals surface area contributed by atoms with Crippen molar-refractivity contribution >= 4 is 15.9 Å². The fourth-order valence-electron chi connectivity index (χ4n) is 1.000. The van der Waals surface area contributed by atoms with Crippen LogP contribution in [0.15, 0.2) is 12.2 Å². The molecule has 0 aliphatic carbocycles. The Bertz CT molecular complexity index is 141. The van der Waals surface area contributed by atoms with Gasteiger partial charge in [-0.25, -0.2) is 0 Å². The number of hydrogen-bond acceptors (Lipinski definition) is 0. The van der Waals surface area contributed by atoms with E-state index in [1.54, 1.807) is 0 Å². The van der Waals surface area contributed by atoms with E-state index in [1.807, 2.05) is 0 Å². The highest BCUT2D eigenvalue weighted by atomic mass is 79.9. The molecule has 0 nitrogen and oxygen atoms in total. The minimum absolute atomic E-state index is 0.318. The van der Waals surface area contributed by atoms with Crippen LogP contribution in [-0.4, -0.2) is 4.83 Å². The lowest BCUT2D eigenvalue weighted by atomic mass is 9.83. The number of rotatable bonds is 2. The molecule has 0 radical (unpaired) electrons. The van der Waals surface area contributed by atoms with Gasteiger partial charge in [0.15, 0.2) is 0 Å². The Kier molecular flexibility index (Phi) is 3.83. The second kappa shape index (κ2) is 3.75. The smallest absolute Gasteiger partial charge is 0.0256 e. The normalized spacial score (nSPS) is 17.6. The maximum absolute atomic E-state index is 3.96. The van der Waals surface area contributed by atoms with E-state index in [0.29, 0.717) is 16.2 Å². The average molecular weight is 219 g/mol. The number of halogens is 1. The lowest BCUT2D eigenvalue weighted by Gasteiger charge is -2.31. The van der Waals surface area contributed by atoms with Gasteiger partial charge in [0.2, 0.25) is 0 Å². The van der Waals surface area contributed by atoms with E-state index >= 15 is 0 Å². The summed E-state index contributed by atoms with van der Waals surface area (Å²) in [5.41, 5.74) is 1.57. The third-order valence-electron chi connectivity index (χ3n) is 2.04. The van der Waals surface area contributed by atoms with Crippen LogP contribution in [0.5, 0.6) is 0 Å². The van der Waals surface area contributed by atoms with Crippen molar-refractivity contribution in [3.63, 3.8) is 0 Å². The molecule has 0 aromatic rings. The summed E-state index contributed by atoms with van der Waals surface area (Å²) in [6.07, 6.45) is 0. The topological polar surface area (TPSA) is 0 Å². The van der Waals surface area contributed by atoms with Crippen LogP contribution in [0.25, 0.3) is 0 Å². The molecule has 1 heteroatoms. The largest absolute Gasteiger partial charge is 0.0998 e. The summed E-state index contributed by atoms with van der Waals surface area (Å²) in [4.78, 5) is 0.521. The van der Waals surface area contributed by atoms with Crippen LogP contribution in [0, 0.1) is 11.3 Å². The standard InChI is InChI=1S/C10H19Br/c1-7(2)8(3)9(11)10(4,5)6/h8-9H,1H2,2-6H3. The molecule has 0 N–H and O–H groups in total. The Morgan fingerprint density at radius 2 is 1.73 bits per heavy atom. The van der Waals surface area contributed by atoms with Crippen molar-refractivity contribution in [2.75, 3.05) is 0 Å². The molecule has 0 fully saturated rings. The van der Waals surface area contributed by atoms with Crippen LogP contribution in [0.2, 0.25) is 0 Å². The second-order valence-corrected chi connectivity index (χ2v) is 5.39. The van der Waals surface area contributed by atoms with Crippen LogP contribution >= 0.6 is 15.9 Å².